The van der Waals surface area contributed by atoms with Crippen molar-refractivity contribution in [1.82, 2.24) is 5.32 Å². The molecule has 0 heterocycles. The van der Waals surface area contributed by atoms with E-state index < -0.39 is 0 Å². The molecule has 1 N–H and O–H groups in total. The highest BCUT2D eigenvalue weighted by atomic mass is 35.5. The van der Waals surface area contributed by atoms with Crippen LogP contribution in [-0.4, -0.2) is 6.54 Å². The third kappa shape index (κ3) is 3.50. The van der Waals surface area contributed by atoms with Crippen LogP contribution in [0.15, 0.2) is 42.5 Å². The summed E-state index contributed by atoms with van der Waals surface area (Å²) in [5.74, 6) is 0. The van der Waals surface area contributed by atoms with E-state index in [1.807, 2.05) is 30.3 Å². The first-order valence-electron chi connectivity index (χ1n) is 6.40. The van der Waals surface area contributed by atoms with Gasteiger partial charge in [0.25, 0.3) is 0 Å². The predicted molar refractivity (Wildman–Crippen MR) is 84.0 cm³/mol. The largest absolute Gasteiger partial charge is 0.310 e. The number of rotatable bonds is 4. The molecule has 1 unspecified atom stereocenters. The van der Waals surface area contributed by atoms with Gasteiger partial charge >= 0.3 is 0 Å². The van der Waals surface area contributed by atoms with Crippen molar-refractivity contribution < 1.29 is 0 Å². The third-order valence-corrected chi connectivity index (χ3v) is 3.70. The van der Waals surface area contributed by atoms with Crippen LogP contribution < -0.4 is 5.32 Å². The standard InChI is InChI=1S/C16H17Cl2N/c1-3-19-11(2)15-8-7-13(10-16(15)18)12-5-4-6-14(17)9-12/h4-11,19H,3H2,1-2H3. The molecular formula is C16H17Cl2N. The van der Waals surface area contributed by atoms with Gasteiger partial charge in [-0.15, -0.1) is 0 Å². The van der Waals surface area contributed by atoms with Crippen LogP contribution in [0.5, 0.6) is 0 Å². The average molecular weight is 294 g/mol. The Bertz CT molecular complexity index is 566. The van der Waals surface area contributed by atoms with E-state index in [0.29, 0.717) is 0 Å². The Morgan fingerprint density at radius 1 is 1.05 bits per heavy atom. The number of nitrogens with one attached hydrogen (secondary N) is 1. The first kappa shape index (κ1) is 14.4. The number of hydrogen-bond donors (Lipinski definition) is 1. The van der Waals surface area contributed by atoms with Gasteiger partial charge in [0.2, 0.25) is 0 Å². The quantitative estimate of drug-likeness (QED) is 0.803. The van der Waals surface area contributed by atoms with Crippen LogP contribution >= 0.6 is 23.2 Å². The van der Waals surface area contributed by atoms with Crippen molar-refractivity contribution in [3.8, 4) is 11.1 Å². The molecule has 0 aliphatic heterocycles. The zero-order chi connectivity index (χ0) is 13.8. The second-order valence-electron chi connectivity index (χ2n) is 4.53. The summed E-state index contributed by atoms with van der Waals surface area (Å²) in [6, 6.07) is 14.2. The van der Waals surface area contributed by atoms with Crippen LogP contribution in [0.2, 0.25) is 10.0 Å². The Kier molecular flexibility index (Phi) is 4.87. The molecule has 2 rings (SSSR count). The zero-order valence-electron chi connectivity index (χ0n) is 11.1. The van der Waals surface area contributed by atoms with Gasteiger partial charge in [0.1, 0.15) is 0 Å². The highest BCUT2D eigenvalue weighted by molar-refractivity contribution is 6.32. The van der Waals surface area contributed by atoms with Gasteiger partial charge in [0.15, 0.2) is 0 Å². The van der Waals surface area contributed by atoms with Gasteiger partial charge in [-0.1, -0.05) is 54.4 Å². The summed E-state index contributed by atoms with van der Waals surface area (Å²) in [5.41, 5.74) is 3.28. The molecule has 19 heavy (non-hydrogen) atoms. The number of halogens is 2. The molecule has 100 valence electrons. The molecule has 2 aromatic carbocycles. The summed E-state index contributed by atoms with van der Waals surface area (Å²) in [6.45, 7) is 5.13. The lowest BCUT2D eigenvalue weighted by atomic mass is 10.0. The normalized spacial score (nSPS) is 12.4. The minimum atomic E-state index is 0.255. The summed E-state index contributed by atoms with van der Waals surface area (Å²) in [4.78, 5) is 0. The fourth-order valence-electron chi connectivity index (χ4n) is 2.14. The lowest BCUT2D eigenvalue weighted by Gasteiger charge is -2.15. The summed E-state index contributed by atoms with van der Waals surface area (Å²) >= 11 is 12.4. The molecule has 0 aliphatic rings. The summed E-state index contributed by atoms with van der Waals surface area (Å²) in [5, 5.41) is 4.88. The molecule has 0 bridgehead atoms. The van der Waals surface area contributed by atoms with E-state index in [9.17, 15) is 0 Å². The number of benzene rings is 2. The lowest BCUT2D eigenvalue weighted by Crippen LogP contribution is -2.17. The van der Waals surface area contributed by atoms with Crippen molar-refractivity contribution in [2.24, 2.45) is 0 Å². The van der Waals surface area contributed by atoms with Gasteiger partial charge in [0, 0.05) is 16.1 Å². The summed E-state index contributed by atoms with van der Waals surface area (Å²) in [6.07, 6.45) is 0. The maximum Gasteiger partial charge on any atom is 0.0459 e. The fraction of sp³-hybridized carbons (Fsp3) is 0.250. The van der Waals surface area contributed by atoms with Crippen LogP contribution in [0.25, 0.3) is 11.1 Å². The highest BCUT2D eigenvalue weighted by Gasteiger charge is 2.09. The van der Waals surface area contributed by atoms with Gasteiger partial charge in [-0.05, 0) is 48.4 Å². The summed E-state index contributed by atoms with van der Waals surface area (Å²) in [7, 11) is 0. The van der Waals surface area contributed by atoms with E-state index in [2.05, 4.69) is 31.3 Å². The first-order valence-corrected chi connectivity index (χ1v) is 7.16. The minimum absolute atomic E-state index is 0.255. The molecule has 0 spiro atoms. The summed E-state index contributed by atoms with van der Waals surface area (Å²) < 4.78 is 0. The van der Waals surface area contributed by atoms with Crippen LogP contribution in [0.4, 0.5) is 0 Å². The lowest BCUT2D eigenvalue weighted by molar-refractivity contribution is 0.598. The van der Waals surface area contributed by atoms with Gasteiger partial charge in [0.05, 0.1) is 0 Å². The van der Waals surface area contributed by atoms with Crippen molar-refractivity contribution in [1.29, 1.82) is 0 Å². The molecule has 0 amide bonds. The Morgan fingerprint density at radius 2 is 1.79 bits per heavy atom. The van der Waals surface area contributed by atoms with Crippen molar-refractivity contribution in [3.05, 3.63) is 58.1 Å². The molecule has 2 aromatic rings. The first-order chi connectivity index (χ1) is 9.11. The van der Waals surface area contributed by atoms with E-state index >= 15 is 0 Å². The van der Waals surface area contributed by atoms with E-state index in [-0.39, 0.29) is 6.04 Å². The van der Waals surface area contributed by atoms with Gasteiger partial charge in [-0.3, -0.25) is 0 Å². The van der Waals surface area contributed by atoms with Crippen molar-refractivity contribution in [3.63, 3.8) is 0 Å². The van der Waals surface area contributed by atoms with Crippen LogP contribution in [0.3, 0.4) is 0 Å². The molecule has 0 aliphatic carbocycles. The van der Waals surface area contributed by atoms with E-state index in [0.717, 1.165) is 33.3 Å². The van der Waals surface area contributed by atoms with E-state index in [4.69, 9.17) is 23.2 Å². The molecule has 0 aromatic heterocycles. The topological polar surface area (TPSA) is 12.0 Å². The van der Waals surface area contributed by atoms with E-state index in [1.165, 1.54) is 0 Å². The average Bonchev–Trinajstić information content (AvgIpc) is 2.38. The Morgan fingerprint density at radius 3 is 2.42 bits per heavy atom. The molecule has 0 saturated heterocycles. The Labute approximate surface area is 124 Å². The van der Waals surface area contributed by atoms with Crippen LogP contribution in [-0.2, 0) is 0 Å². The molecule has 1 atom stereocenters. The maximum atomic E-state index is 6.38. The van der Waals surface area contributed by atoms with Gasteiger partial charge in [-0.25, -0.2) is 0 Å². The second kappa shape index (κ2) is 6.42. The smallest absolute Gasteiger partial charge is 0.0459 e. The second-order valence-corrected chi connectivity index (χ2v) is 5.37. The zero-order valence-corrected chi connectivity index (χ0v) is 12.6. The number of hydrogen-bond acceptors (Lipinski definition) is 1. The highest BCUT2D eigenvalue weighted by Crippen LogP contribution is 2.30. The van der Waals surface area contributed by atoms with Crippen molar-refractivity contribution >= 4 is 23.2 Å². The molecule has 3 heteroatoms. The molecule has 1 nitrogen and oxygen atoms in total. The minimum Gasteiger partial charge on any atom is -0.310 e. The Hall–Kier alpha value is -1.02. The van der Waals surface area contributed by atoms with Gasteiger partial charge < -0.3 is 5.32 Å². The monoisotopic (exact) mass is 293 g/mol. The van der Waals surface area contributed by atoms with Crippen LogP contribution in [0, 0.1) is 0 Å². The van der Waals surface area contributed by atoms with Crippen molar-refractivity contribution in [2.75, 3.05) is 6.54 Å². The van der Waals surface area contributed by atoms with E-state index in [1.54, 1.807) is 0 Å². The molecule has 0 fully saturated rings. The van der Waals surface area contributed by atoms with Gasteiger partial charge in [-0.2, -0.15) is 0 Å². The predicted octanol–water partition coefficient (Wildman–Crippen LogP) is 5.33. The third-order valence-electron chi connectivity index (χ3n) is 3.14. The molecular weight excluding hydrogens is 277 g/mol. The fourth-order valence-corrected chi connectivity index (χ4v) is 2.68. The Balaban J connectivity index is 2.33. The maximum absolute atomic E-state index is 6.38. The SMILES string of the molecule is CCNC(C)c1ccc(-c2cccc(Cl)c2)cc1Cl. The molecule has 0 radical (unpaired) electrons. The van der Waals surface area contributed by atoms with Crippen LogP contribution in [0.1, 0.15) is 25.5 Å². The molecule has 0 saturated carbocycles. The van der Waals surface area contributed by atoms with Crippen molar-refractivity contribution in [2.45, 2.75) is 19.9 Å².